The third-order valence-electron chi connectivity index (χ3n) is 4.26. The fourth-order valence-corrected chi connectivity index (χ4v) is 3.58. The normalized spacial score (nSPS) is 19.1. The second kappa shape index (κ2) is 7.68. The minimum atomic E-state index is -0.223. The van der Waals surface area contributed by atoms with E-state index in [1.54, 1.807) is 0 Å². The van der Waals surface area contributed by atoms with Crippen LogP contribution in [-0.2, 0) is 0 Å². The maximum absolute atomic E-state index is 13.4. The Morgan fingerprint density at radius 2 is 2.05 bits per heavy atom. The second-order valence-corrected chi connectivity index (χ2v) is 7.02. The fraction of sp³-hybridized carbons (Fsp3) is 0.625. The molecule has 0 bridgehead atoms. The molecule has 5 heteroatoms. The van der Waals surface area contributed by atoms with Crippen molar-refractivity contribution in [1.29, 1.82) is 0 Å². The number of likely N-dealkylation sites (tertiary alicyclic amines) is 1. The Morgan fingerprint density at radius 1 is 1.38 bits per heavy atom. The maximum Gasteiger partial charge on any atom is 0.137 e. The lowest BCUT2D eigenvalue weighted by Gasteiger charge is -2.38. The minimum absolute atomic E-state index is 0.183. The Hall–Kier alpha value is -0.490. The topological polar surface area (TPSA) is 32.5 Å². The molecule has 3 nitrogen and oxygen atoms in total. The molecule has 1 atom stereocenters. The number of nitrogens with two attached hydrogens (primary N) is 1. The Morgan fingerprint density at radius 3 is 2.57 bits per heavy atom. The summed E-state index contributed by atoms with van der Waals surface area (Å²) in [5, 5.41) is 0. The molecule has 118 valence electrons. The molecule has 0 aliphatic carbocycles. The van der Waals surface area contributed by atoms with Crippen molar-refractivity contribution < 1.29 is 4.39 Å². The van der Waals surface area contributed by atoms with E-state index in [1.165, 1.54) is 18.9 Å². The van der Waals surface area contributed by atoms with Crippen molar-refractivity contribution >= 4 is 15.9 Å². The summed E-state index contributed by atoms with van der Waals surface area (Å²) in [4.78, 5) is 4.70. The first-order chi connectivity index (χ1) is 10.0. The first-order valence-corrected chi connectivity index (χ1v) is 8.34. The van der Waals surface area contributed by atoms with Crippen molar-refractivity contribution in [2.75, 3.05) is 40.3 Å². The predicted molar refractivity (Wildman–Crippen MR) is 88.7 cm³/mol. The lowest BCUT2D eigenvalue weighted by Crippen LogP contribution is -2.41. The molecule has 0 aromatic heterocycles. The van der Waals surface area contributed by atoms with Crippen molar-refractivity contribution in [2.24, 2.45) is 11.7 Å². The Labute approximate surface area is 135 Å². The largest absolute Gasteiger partial charge is 0.329 e. The van der Waals surface area contributed by atoms with Gasteiger partial charge in [-0.05, 0) is 79.6 Å². The predicted octanol–water partition coefficient (Wildman–Crippen LogP) is 2.86. The summed E-state index contributed by atoms with van der Waals surface area (Å²) in [5.41, 5.74) is 7.07. The molecular weight excluding hydrogens is 333 g/mol. The van der Waals surface area contributed by atoms with Crippen LogP contribution in [0.15, 0.2) is 22.7 Å². The van der Waals surface area contributed by atoms with Gasteiger partial charge in [-0.3, -0.25) is 4.90 Å². The van der Waals surface area contributed by atoms with Crippen LogP contribution in [0.25, 0.3) is 0 Å². The standard InChI is InChI=1S/C16H25BrFN3/c1-20(2)11-12-5-7-21(8-6-12)16(10-19)13-3-4-15(18)14(17)9-13/h3-4,9,12,16H,5-8,10-11,19H2,1-2H3. The van der Waals surface area contributed by atoms with E-state index in [1.807, 2.05) is 12.1 Å². The Kier molecular flexibility index (Phi) is 6.17. The lowest BCUT2D eigenvalue weighted by molar-refractivity contribution is 0.122. The summed E-state index contributed by atoms with van der Waals surface area (Å²) in [6.07, 6.45) is 2.41. The molecule has 1 aliphatic heterocycles. The second-order valence-electron chi connectivity index (χ2n) is 6.17. The zero-order valence-electron chi connectivity index (χ0n) is 12.9. The Bertz CT molecular complexity index is 459. The number of hydrogen-bond acceptors (Lipinski definition) is 3. The van der Waals surface area contributed by atoms with Crippen LogP contribution >= 0.6 is 15.9 Å². The van der Waals surface area contributed by atoms with Gasteiger partial charge >= 0.3 is 0 Å². The molecule has 0 radical (unpaired) electrons. The highest BCUT2D eigenvalue weighted by molar-refractivity contribution is 9.10. The molecule has 1 unspecified atom stereocenters. The van der Waals surface area contributed by atoms with E-state index in [0.29, 0.717) is 11.0 Å². The first-order valence-electron chi connectivity index (χ1n) is 7.55. The molecule has 2 rings (SSSR count). The molecule has 0 amide bonds. The third-order valence-corrected chi connectivity index (χ3v) is 4.87. The van der Waals surface area contributed by atoms with Gasteiger partial charge in [-0.15, -0.1) is 0 Å². The van der Waals surface area contributed by atoms with Gasteiger partial charge in [0.15, 0.2) is 0 Å². The summed E-state index contributed by atoms with van der Waals surface area (Å²) in [7, 11) is 4.26. The summed E-state index contributed by atoms with van der Waals surface area (Å²) in [6, 6.07) is 5.41. The van der Waals surface area contributed by atoms with Gasteiger partial charge in [0.05, 0.1) is 4.47 Å². The molecule has 1 fully saturated rings. The first kappa shape index (κ1) is 16.9. The molecule has 21 heavy (non-hydrogen) atoms. The molecule has 1 saturated heterocycles. The molecule has 0 saturated carbocycles. The summed E-state index contributed by atoms with van der Waals surface area (Å²) in [6.45, 7) is 3.85. The van der Waals surface area contributed by atoms with E-state index in [4.69, 9.17) is 5.73 Å². The number of rotatable bonds is 5. The Balaban J connectivity index is 2.00. The number of hydrogen-bond donors (Lipinski definition) is 1. The molecule has 1 heterocycles. The van der Waals surface area contributed by atoms with E-state index in [-0.39, 0.29) is 11.9 Å². The molecular formula is C16H25BrFN3. The van der Waals surface area contributed by atoms with E-state index < -0.39 is 0 Å². The van der Waals surface area contributed by atoms with E-state index in [0.717, 1.165) is 31.1 Å². The zero-order chi connectivity index (χ0) is 15.4. The number of benzene rings is 1. The maximum atomic E-state index is 13.4. The van der Waals surface area contributed by atoms with Gasteiger partial charge in [-0.25, -0.2) is 4.39 Å². The van der Waals surface area contributed by atoms with Crippen LogP contribution in [0.3, 0.4) is 0 Å². The summed E-state index contributed by atoms with van der Waals surface area (Å²) < 4.78 is 13.9. The third kappa shape index (κ3) is 4.49. The van der Waals surface area contributed by atoms with Gasteiger partial charge in [0.1, 0.15) is 5.82 Å². The summed E-state index contributed by atoms with van der Waals surface area (Å²) >= 11 is 3.26. The molecule has 1 aliphatic rings. The van der Waals surface area contributed by atoms with Gasteiger partial charge in [0.25, 0.3) is 0 Å². The van der Waals surface area contributed by atoms with Crippen LogP contribution in [0, 0.1) is 11.7 Å². The van der Waals surface area contributed by atoms with Gasteiger partial charge in [0.2, 0.25) is 0 Å². The van der Waals surface area contributed by atoms with Gasteiger partial charge in [-0.1, -0.05) is 6.07 Å². The number of halogens is 2. The van der Waals surface area contributed by atoms with E-state index >= 15 is 0 Å². The van der Waals surface area contributed by atoms with Crippen LogP contribution in [0.1, 0.15) is 24.4 Å². The van der Waals surface area contributed by atoms with E-state index in [9.17, 15) is 4.39 Å². The SMILES string of the molecule is CN(C)CC1CCN(C(CN)c2ccc(F)c(Br)c2)CC1. The minimum Gasteiger partial charge on any atom is -0.329 e. The molecule has 2 N–H and O–H groups in total. The summed E-state index contributed by atoms with van der Waals surface area (Å²) in [5.74, 6) is 0.550. The average molecular weight is 358 g/mol. The van der Waals surface area contributed by atoms with Gasteiger partial charge in [0, 0.05) is 19.1 Å². The number of nitrogens with zero attached hydrogens (tertiary/aromatic N) is 2. The van der Waals surface area contributed by atoms with Crippen LogP contribution in [0.2, 0.25) is 0 Å². The lowest BCUT2D eigenvalue weighted by atomic mass is 9.94. The van der Waals surface area contributed by atoms with Crippen LogP contribution in [0.4, 0.5) is 4.39 Å². The van der Waals surface area contributed by atoms with Crippen molar-refractivity contribution in [1.82, 2.24) is 9.80 Å². The zero-order valence-corrected chi connectivity index (χ0v) is 14.4. The highest BCUT2D eigenvalue weighted by atomic mass is 79.9. The quantitative estimate of drug-likeness (QED) is 0.879. The molecule has 1 aromatic carbocycles. The van der Waals surface area contributed by atoms with Gasteiger partial charge < -0.3 is 10.6 Å². The van der Waals surface area contributed by atoms with Crippen LogP contribution in [0.5, 0.6) is 0 Å². The molecule has 0 spiro atoms. The highest BCUT2D eigenvalue weighted by Crippen LogP contribution is 2.28. The van der Waals surface area contributed by atoms with Crippen LogP contribution < -0.4 is 5.73 Å². The number of piperidine rings is 1. The fourth-order valence-electron chi connectivity index (χ4n) is 3.18. The van der Waals surface area contributed by atoms with Gasteiger partial charge in [-0.2, -0.15) is 0 Å². The molecule has 1 aromatic rings. The van der Waals surface area contributed by atoms with Crippen molar-refractivity contribution in [3.8, 4) is 0 Å². The van der Waals surface area contributed by atoms with Crippen molar-refractivity contribution in [3.63, 3.8) is 0 Å². The highest BCUT2D eigenvalue weighted by Gasteiger charge is 2.25. The average Bonchev–Trinajstić information content (AvgIpc) is 2.45. The van der Waals surface area contributed by atoms with Crippen molar-refractivity contribution in [3.05, 3.63) is 34.1 Å². The monoisotopic (exact) mass is 357 g/mol. The van der Waals surface area contributed by atoms with Crippen molar-refractivity contribution in [2.45, 2.75) is 18.9 Å². The van der Waals surface area contributed by atoms with Crippen LogP contribution in [-0.4, -0.2) is 50.1 Å². The van der Waals surface area contributed by atoms with E-state index in [2.05, 4.69) is 39.8 Å². The smallest absolute Gasteiger partial charge is 0.137 e.